The molecule has 1 amide bonds. The van der Waals surface area contributed by atoms with E-state index >= 15 is 0 Å². The summed E-state index contributed by atoms with van der Waals surface area (Å²) in [5.41, 5.74) is 0.200. The Kier molecular flexibility index (Phi) is 7.13. The van der Waals surface area contributed by atoms with Crippen molar-refractivity contribution in [3.63, 3.8) is 0 Å². The predicted octanol–water partition coefficient (Wildman–Crippen LogP) is 3.31. The fourth-order valence-electron chi connectivity index (χ4n) is 5.36. The van der Waals surface area contributed by atoms with Gasteiger partial charge in [0.2, 0.25) is 5.91 Å². The number of thioether (sulfide) groups is 1. The van der Waals surface area contributed by atoms with Crippen LogP contribution in [-0.2, 0) is 11.2 Å². The predicted molar refractivity (Wildman–Crippen MR) is 137 cm³/mol. The minimum atomic E-state index is -0.601. The molecule has 5 rings (SSSR count). The number of rotatable bonds is 5. The van der Waals surface area contributed by atoms with Crippen LogP contribution in [0.25, 0.3) is 11.0 Å². The SMILES string of the molecule is O=C(Cc1ccc(O)cc1)N[C@H]1CC[C@@H](n2c(=O)c3cc(F)cnc3n(C3CCSCC3)c2=O)CC1. The van der Waals surface area contributed by atoms with Gasteiger partial charge in [-0.1, -0.05) is 12.1 Å². The van der Waals surface area contributed by atoms with Crippen LogP contribution < -0.4 is 16.6 Å². The van der Waals surface area contributed by atoms with E-state index in [0.717, 1.165) is 36.1 Å². The van der Waals surface area contributed by atoms with Crippen molar-refractivity contribution in [1.82, 2.24) is 19.4 Å². The van der Waals surface area contributed by atoms with Gasteiger partial charge in [0.25, 0.3) is 5.56 Å². The second kappa shape index (κ2) is 10.5. The average molecular weight is 513 g/mol. The molecule has 10 heteroatoms. The van der Waals surface area contributed by atoms with E-state index in [9.17, 15) is 23.9 Å². The topological polar surface area (TPSA) is 106 Å². The van der Waals surface area contributed by atoms with Crippen LogP contribution >= 0.6 is 11.8 Å². The standard InChI is InChI=1S/C26H29FN4O4S/c27-17-14-22-24(28-15-17)30(20-9-11-36-12-10-20)26(35)31(25(22)34)19-5-3-18(4-6-19)29-23(33)13-16-1-7-21(32)8-2-16/h1-2,7-8,14-15,18-20,32H,3-6,9-13H2,(H,29,33)/t18-,19+. The highest BCUT2D eigenvalue weighted by Gasteiger charge is 2.29. The number of phenolic OH excluding ortho intramolecular Hbond substituents is 1. The Morgan fingerprint density at radius 3 is 2.39 bits per heavy atom. The van der Waals surface area contributed by atoms with Crippen molar-refractivity contribution in [1.29, 1.82) is 0 Å². The molecule has 1 aromatic carbocycles. The number of hydrogen-bond acceptors (Lipinski definition) is 6. The molecular weight excluding hydrogens is 483 g/mol. The Hall–Kier alpha value is -3.14. The van der Waals surface area contributed by atoms with Crippen LogP contribution in [0.1, 0.15) is 56.2 Å². The van der Waals surface area contributed by atoms with Gasteiger partial charge in [-0.3, -0.25) is 18.7 Å². The second-order valence-corrected chi connectivity index (χ2v) is 10.8. The monoisotopic (exact) mass is 512 g/mol. The van der Waals surface area contributed by atoms with Gasteiger partial charge < -0.3 is 10.4 Å². The molecule has 0 bridgehead atoms. The summed E-state index contributed by atoms with van der Waals surface area (Å²) in [5.74, 6) is 1.30. The summed E-state index contributed by atoms with van der Waals surface area (Å²) in [6.07, 6.45) is 5.28. The number of carbonyl (C=O) groups excluding carboxylic acids is 1. The molecule has 8 nitrogen and oxygen atoms in total. The zero-order chi connectivity index (χ0) is 25.2. The van der Waals surface area contributed by atoms with E-state index in [-0.39, 0.29) is 52.9 Å². The van der Waals surface area contributed by atoms with Gasteiger partial charge in [-0.15, -0.1) is 0 Å². The zero-order valence-electron chi connectivity index (χ0n) is 19.9. The number of halogens is 1. The van der Waals surface area contributed by atoms with Gasteiger partial charge in [-0.05, 0) is 73.8 Å². The van der Waals surface area contributed by atoms with Gasteiger partial charge in [-0.25, -0.2) is 14.2 Å². The van der Waals surface area contributed by atoms with Crippen LogP contribution in [0.15, 0.2) is 46.1 Å². The lowest BCUT2D eigenvalue weighted by molar-refractivity contribution is -0.121. The molecule has 3 heterocycles. The third kappa shape index (κ3) is 5.04. The number of fused-ring (bicyclic) bond motifs is 1. The molecule has 0 radical (unpaired) electrons. The Morgan fingerprint density at radius 1 is 1.03 bits per heavy atom. The van der Waals surface area contributed by atoms with Crippen LogP contribution in [0.4, 0.5) is 4.39 Å². The fourth-order valence-corrected chi connectivity index (χ4v) is 6.44. The number of hydrogen-bond donors (Lipinski definition) is 2. The van der Waals surface area contributed by atoms with Crippen molar-refractivity contribution in [2.24, 2.45) is 0 Å². The normalized spacial score (nSPS) is 20.9. The number of pyridine rings is 1. The smallest absolute Gasteiger partial charge is 0.333 e. The molecule has 190 valence electrons. The third-order valence-electron chi connectivity index (χ3n) is 7.21. The Bertz CT molecular complexity index is 1370. The van der Waals surface area contributed by atoms with Crippen LogP contribution in [-0.4, -0.2) is 42.7 Å². The first-order chi connectivity index (χ1) is 17.4. The highest BCUT2D eigenvalue weighted by molar-refractivity contribution is 7.99. The van der Waals surface area contributed by atoms with Crippen molar-refractivity contribution in [3.05, 3.63) is 68.7 Å². The number of aromatic hydroxyl groups is 1. The van der Waals surface area contributed by atoms with E-state index < -0.39 is 11.4 Å². The molecule has 1 saturated heterocycles. The molecule has 3 aromatic rings. The van der Waals surface area contributed by atoms with Gasteiger partial charge in [0.05, 0.1) is 18.0 Å². The van der Waals surface area contributed by atoms with Gasteiger partial charge >= 0.3 is 5.69 Å². The Balaban J connectivity index is 1.36. The average Bonchev–Trinajstić information content (AvgIpc) is 2.87. The molecular formula is C26H29FN4O4S. The summed E-state index contributed by atoms with van der Waals surface area (Å²) in [5, 5.41) is 12.6. The molecule has 0 unspecified atom stereocenters. The van der Waals surface area contributed by atoms with Gasteiger partial charge in [0.1, 0.15) is 17.2 Å². The van der Waals surface area contributed by atoms with Gasteiger partial charge in [0.15, 0.2) is 0 Å². The van der Waals surface area contributed by atoms with E-state index in [1.807, 2.05) is 11.8 Å². The first-order valence-corrected chi connectivity index (χ1v) is 13.5. The molecule has 1 aliphatic heterocycles. The lowest BCUT2D eigenvalue weighted by Crippen LogP contribution is -2.46. The molecule has 1 saturated carbocycles. The van der Waals surface area contributed by atoms with Crippen LogP contribution in [0, 0.1) is 5.82 Å². The summed E-state index contributed by atoms with van der Waals surface area (Å²) in [7, 11) is 0. The number of carbonyl (C=O) groups is 1. The number of amides is 1. The van der Waals surface area contributed by atoms with Gasteiger partial charge in [-0.2, -0.15) is 11.8 Å². The second-order valence-electron chi connectivity index (χ2n) is 9.61. The molecule has 2 N–H and O–H groups in total. The molecule has 36 heavy (non-hydrogen) atoms. The first kappa shape index (κ1) is 24.5. The highest BCUT2D eigenvalue weighted by Crippen LogP contribution is 2.30. The van der Waals surface area contributed by atoms with E-state index in [2.05, 4.69) is 10.3 Å². The number of phenols is 1. The molecule has 1 aliphatic carbocycles. The van der Waals surface area contributed by atoms with Crippen LogP contribution in [0.2, 0.25) is 0 Å². The quantitative estimate of drug-likeness (QED) is 0.543. The largest absolute Gasteiger partial charge is 0.508 e. The molecule has 2 aliphatic rings. The minimum absolute atomic E-state index is 0.0428. The highest BCUT2D eigenvalue weighted by atomic mass is 32.2. The lowest BCUT2D eigenvalue weighted by atomic mass is 9.90. The summed E-state index contributed by atoms with van der Waals surface area (Å²) in [6.45, 7) is 0. The number of nitrogens with one attached hydrogen (secondary N) is 1. The van der Waals surface area contributed by atoms with Crippen molar-refractivity contribution >= 4 is 28.7 Å². The van der Waals surface area contributed by atoms with Crippen molar-refractivity contribution in [3.8, 4) is 5.75 Å². The molecule has 2 fully saturated rings. The van der Waals surface area contributed by atoms with Crippen LogP contribution in [0.3, 0.4) is 0 Å². The number of nitrogens with zero attached hydrogens (tertiary/aromatic N) is 3. The minimum Gasteiger partial charge on any atom is -0.508 e. The van der Waals surface area contributed by atoms with E-state index in [1.165, 1.54) is 10.6 Å². The van der Waals surface area contributed by atoms with E-state index in [4.69, 9.17) is 0 Å². The van der Waals surface area contributed by atoms with Crippen molar-refractivity contribution < 1.29 is 14.3 Å². The summed E-state index contributed by atoms with van der Waals surface area (Å²) in [4.78, 5) is 43.7. The Morgan fingerprint density at radius 2 is 1.69 bits per heavy atom. The van der Waals surface area contributed by atoms with Crippen molar-refractivity contribution in [2.75, 3.05) is 11.5 Å². The fraction of sp³-hybridized carbons (Fsp3) is 0.462. The maximum Gasteiger partial charge on any atom is 0.333 e. The van der Waals surface area contributed by atoms with E-state index in [0.29, 0.717) is 25.7 Å². The summed E-state index contributed by atoms with van der Waals surface area (Å²) >= 11 is 1.84. The van der Waals surface area contributed by atoms with Crippen molar-refractivity contribution in [2.45, 2.75) is 63.1 Å². The third-order valence-corrected chi connectivity index (χ3v) is 8.26. The van der Waals surface area contributed by atoms with E-state index in [1.54, 1.807) is 28.8 Å². The van der Waals surface area contributed by atoms with Gasteiger partial charge in [0, 0.05) is 18.1 Å². The Labute approximate surface area is 211 Å². The summed E-state index contributed by atoms with van der Waals surface area (Å²) < 4.78 is 17.0. The number of aromatic nitrogens is 3. The maximum absolute atomic E-state index is 14.1. The molecule has 2 aromatic heterocycles. The maximum atomic E-state index is 14.1. The van der Waals surface area contributed by atoms with Crippen LogP contribution in [0.5, 0.6) is 5.75 Å². The summed E-state index contributed by atoms with van der Waals surface area (Å²) in [6, 6.07) is 7.29. The molecule has 0 spiro atoms. The first-order valence-electron chi connectivity index (χ1n) is 12.4. The lowest BCUT2D eigenvalue weighted by Gasteiger charge is -2.31. The molecule has 0 atom stereocenters. The number of benzene rings is 1. The zero-order valence-corrected chi connectivity index (χ0v) is 20.7.